The normalized spacial score (nSPS) is 27.7. The number of rotatable bonds is 4. The summed E-state index contributed by atoms with van der Waals surface area (Å²) < 4.78 is 0. The number of hydrogen-bond donors (Lipinski definition) is 3. The Hall–Kier alpha value is -1.92. The van der Waals surface area contributed by atoms with Crippen LogP contribution in [-0.4, -0.2) is 53.1 Å². The van der Waals surface area contributed by atoms with Gasteiger partial charge < -0.3 is 20.6 Å². The van der Waals surface area contributed by atoms with Crippen LogP contribution < -0.4 is 10.6 Å². The maximum absolute atomic E-state index is 12.2. The number of carbonyl (C=O) groups excluding carboxylic acids is 2. The summed E-state index contributed by atoms with van der Waals surface area (Å²) in [6.45, 7) is 2.95. The van der Waals surface area contributed by atoms with Gasteiger partial charge in [-0.1, -0.05) is 24.3 Å². The number of aliphatic hydroxyl groups is 1. The number of fused-ring (bicyclic) bond motifs is 1. The Labute approximate surface area is 129 Å². The van der Waals surface area contributed by atoms with Crippen molar-refractivity contribution in [2.75, 3.05) is 13.2 Å². The summed E-state index contributed by atoms with van der Waals surface area (Å²) in [5, 5.41) is 15.2. The van der Waals surface area contributed by atoms with Crippen molar-refractivity contribution in [2.45, 2.75) is 38.0 Å². The summed E-state index contributed by atoms with van der Waals surface area (Å²) in [4.78, 5) is 25.8. The third kappa shape index (κ3) is 2.71. The summed E-state index contributed by atoms with van der Waals surface area (Å²) in [5.41, 5.74) is 2.44. The first-order chi connectivity index (χ1) is 10.6. The van der Waals surface area contributed by atoms with E-state index in [1.54, 1.807) is 4.90 Å². The van der Waals surface area contributed by atoms with Crippen molar-refractivity contribution >= 4 is 11.8 Å². The second-order valence-electron chi connectivity index (χ2n) is 5.99. The molecule has 2 fully saturated rings. The largest absolute Gasteiger partial charge is 0.394 e. The predicted octanol–water partition coefficient (Wildman–Crippen LogP) is -0.455. The fourth-order valence-corrected chi connectivity index (χ4v) is 3.19. The van der Waals surface area contributed by atoms with Crippen LogP contribution in [0.25, 0.3) is 0 Å². The molecule has 1 aromatic carbocycles. The highest BCUT2D eigenvalue weighted by Crippen LogP contribution is 2.23. The Morgan fingerprint density at radius 2 is 2.14 bits per heavy atom. The molecule has 3 rings (SSSR count). The zero-order valence-electron chi connectivity index (χ0n) is 12.6. The van der Waals surface area contributed by atoms with Gasteiger partial charge in [-0.2, -0.15) is 0 Å². The van der Waals surface area contributed by atoms with Crippen molar-refractivity contribution in [1.29, 1.82) is 0 Å². The first kappa shape index (κ1) is 15.0. The number of carbonyl (C=O) groups is 2. The molecule has 0 aliphatic carbocycles. The van der Waals surface area contributed by atoms with E-state index in [9.17, 15) is 9.59 Å². The molecule has 118 valence electrons. The summed E-state index contributed by atoms with van der Waals surface area (Å²) in [6.07, 6.45) is 0.613. The SMILES string of the molecule is Cc1ccccc1CN[C@H]1C[C@H]2C(=O)N[C@@H](CO)C(=O)N2C1. The van der Waals surface area contributed by atoms with Gasteiger partial charge in [-0.05, 0) is 24.5 Å². The van der Waals surface area contributed by atoms with E-state index in [0.29, 0.717) is 13.0 Å². The quantitative estimate of drug-likeness (QED) is 0.703. The van der Waals surface area contributed by atoms with Gasteiger partial charge >= 0.3 is 0 Å². The van der Waals surface area contributed by atoms with Crippen molar-refractivity contribution in [3.05, 3.63) is 35.4 Å². The molecule has 0 aromatic heterocycles. The van der Waals surface area contributed by atoms with Crippen LogP contribution in [-0.2, 0) is 16.1 Å². The lowest BCUT2D eigenvalue weighted by Crippen LogP contribution is -2.62. The third-order valence-electron chi connectivity index (χ3n) is 4.53. The van der Waals surface area contributed by atoms with Crippen molar-refractivity contribution in [2.24, 2.45) is 0 Å². The van der Waals surface area contributed by atoms with E-state index in [2.05, 4.69) is 29.7 Å². The average molecular weight is 303 g/mol. The second-order valence-corrected chi connectivity index (χ2v) is 5.99. The van der Waals surface area contributed by atoms with Crippen LogP contribution in [0.3, 0.4) is 0 Å². The summed E-state index contributed by atoms with van der Waals surface area (Å²) in [7, 11) is 0. The molecule has 6 heteroatoms. The molecule has 2 heterocycles. The Morgan fingerprint density at radius 1 is 1.36 bits per heavy atom. The molecule has 1 aromatic rings. The van der Waals surface area contributed by atoms with E-state index in [1.807, 2.05) is 12.1 Å². The number of nitrogens with one attached hydrogen (secondary N) is 2. The van der Waals surface area contributed by atoms with Crippen molar-refractivity contribution in [3.8, 4) is 0 Å². The van der Waals surface area contributed by atoms with Gasteiger partial charge in [0.25, 0.3) is 0 Å². The molecule has 0 bridgehead atoms. The Kier molecular flexibility index (Phi) is 4.13. The topological polar surface area (TPSA) is 81.7 Å². The van der Waals surface area contributed by atoms with Crippen molar-refractivity contribution in [3.63, 3.8) is 0 Å². The van der Waals surface area contributed by atoms with Gasteiger partial charge in [0.15, 0.2) is 0 Å². The number of piperazine rings is 1. The van der Waals surface area contributed by atoms with E-state index in [4.69, 9.17) is 5.11 Å². The van der Waals surface area contributed by atoms with Crippen LogP contribution in [0.2, 0.25) is 0 Å². The smallest absolute Gasteiger partial charge is 0.248 e. The minimum atomic E-state index is -0.793. The van der Waals surface area contributed by atoms with Gasteiger partial charge in [-0.25, -0.2) is 0 Å². The molecule has 6 nitrogen and oxygen atoms in total. The first-order valence-corrected chi connectivity index (χ1v) is 7.59. The lowest BCUT2D eigenvalue weighted by molar-refractivity contribution is -0.148. The first-order valence-electron chi connectivity index (χ1n) is 7.59. The fourth-order valence-electron chi connectivity index (χ4n) is 3.19. The van der Waals surface area contributed by atoms with E-state index in [0.717, 1.165) is 6.54 Å². The lowest BCUT2D eigenvalue weighted by Gasteiger charge is -2.33. The molecule has 0 radical (unpaired) electrons. The van der Waals surface area contributed by atoms with Gasteiger partial charge in [0, 0.05) is 19.1 Å². The molecule has 0 spiro atoms. The number of aryl methyl sites for hydroxylation is 1. The minimum Gasteiger partial charge on any atom is -0.394 e. The molecule has 22 heavy (non-hydrogen) atoms. The number of benzene rings is 1. The lowest BCUT2D eigenvalue weighted by atomic mass is 10.1. The standard InChI is InChI=1S/C16H21N3O3/c1-10-4-2-3-5-11(10)7-17-12-6-14-15(21)18-13(9-20)16(22)19(14)8-12/h2-5,12-14,17,20H,6-9H2,1H3,(H,18,21)/t12-,13-,14-/m0/s1. The van der Waals surface area contributed by atoms with Gasteiger partial charge in [0.05, 0.1) is 6.61 Å². The highest BCUT2D eigenvalue weighted by Gasteiger charge is 2.45. The maximum Gasteiger partial charge on any atom is 0.248 e. The Bertz CT molecular complexity index is 590. The zero-order chi connectivity index (χ0) is 15.7. The molecule has 2 amide bonds. The van der Waals surface area contributed by atoms with E-state index >= 15 is 0 Å². The Balaban J connectivity index is 1.63. The van der Waals surface area contributed by atoms with Gasteiger partial charge in [0.1, 0.15) is 12.1 Å². The fraction of sp³-hybridized carbons (Fsp3) is 0.500. The van der Waals surface area contributed by atoms with E-state index in [1.165, 1.54) is 11.1 Å². The van der Waals surface area contributed by atoms with Gasteiger partial charge in [0.2, 0.25) is 11.8 Å². The van der Waals surface area contributed by atoms with Crippen LogP contribution in [0, 0.1) is 6.92 Å². The van der Waals surface area contributed by atoms with Gasteiger partial charge in [-0.15, -0.1) is 0 Å². The summed E-state index contributed by atoms with van der Waals surface area (Å²) in [6, 6.07) is 7.04. The van der Waals surface area contributed by atoms with Gasteiger partial charge in [-0.3, -0.25) is 9.59 Å². The van der Waals surface area contributed by atoms with Crippen LogP contribution in [0.1, 0.15) is 17.5 Å². The molecule has 3 atom stereocenters. The molecule has 3 N–H and O–H groups in total. The van der Waals surface area contributed by atoms with E-state index < -0.39 is 12.1 Å². The number of hydrogen-bond acceptors (Lipinski definition) is 4. The van der Waals surface area contributed by atoms with Crippen LogP contribution in [0.5, 0.6) is 0 Å². The molecule has 2 aliphatic heterocycles. The molecular formula is C16H21N3O3. The highest BCUT2D eigenvalue weighted by molar-refractivity contribution is 5.97. The molecule has 2 aliphatic rings. The van der Waals surface area contributed by atoms with Crippen molar-refractivity contribution < 1.29 is 14.7 Å². The minimum absolute atomic E-state index is 0.0942. The molecule has 0 unspecified atom stereocenters. The molecular weight excluding hydrogens is 282 g/mol. The maximum atomic E-state index is 12.2. The third-order valence-corrected chi connectivity index (χ3v) is 4.53. The number of amides is 2. The summed E-state index contributed by atoms with van der Waals surface area (Å²) in [5.74, 6) is -0.355. The molecule has 2 saturated heterocycles. The second kappa shape index (κ2) is 6.06. The van der Waals surface area contributed by atoms with Crippen molar-refractivity contribution in [1.82, 2.24) is 15.5 Å². The molecule has 0 saturated carbocycles. The predicted molar refractivity (Wildman–Crippen MR) is 80.9 cm³/mol. The van der Waals surface area contributed by atoms with Crippen LogP contribution in [0.4, 0.5) is 0 Å². The highest BCUT2D eigenvalue weighted by atomic mass is 16.3. The number of aliphatic hydroxyl groups excluding tert-OH is 1. The Morgan fingerprint density at radius 3 is 2.86 bits per heavy atom. The van der Waals surface area contributed by atoms with Crippen LogP contribution in [0.15, 0.2) is 24.3 Å². The summed E-state index contributed by atoms with van der Waals surface area (Å²) >= 11 is 0. The zero-order valence-corrected chi connectivity index (χ0v) is 12.6. The monoisotopic (exact) mass is 303 g/mol. The number of nitrogens with zero attached hydrogens (tertiary/aromatic N) is 1. The van der Waals surface area contributed by atoms with E-state index in [-0.39, 0.29) is 24.5 Å². The average Bonchev–Trinajstić information content (AvgIpc) is 2.95. The van der Waals surface area contributed by atoms with Crippen LogP contribution >= 0.6 is 0 Å².